The van der Waals surface area contributed by atoms with Crippen LogP contribution >= 0.6 is 23.4 Å². The molecule has 2 heterocycles. The number of carboxylic acids is 1. The Balaban J connectivity index is 1.52. The first kappa shape index (κ1) is 19.3. The Morgan fingerprint density at radius 2 is 2.07 bits per heavy atom. The third-order valence-electron chi connectivity index (χ3n) is 4.25. The average Bonchev–Trinajstić information content (AvgIpc) is 3.31. The van der Waals surface area contributed by atoms with Crippen LogP contribution in [0, 0.1) is 0 Å². The molecule has 0 spiro atoms. The lowest BCUT2D eigenvalue weighted by molar-refractivity contribution is -0.115. The summed E-state index contributed by atoms with van der Waals surface area (Å²) in [5, 5.41) is 12.1. The molecule has 1 aromatic heterocycles. The van der Waals surface area contributed by atoms with Gasteiger partial charge in [-0.2, -0.15) is 0 Å². The number of carboxylic acid groups (broad SMARTS) is 1. The van der Waals surface area contributed by atoms with E-state index >= 15 is 0 Å². The third-order valence-corrected chi connectivity index (χ3v) is 5.58. The SMILES string of the molecule is O=C1NC(=NC2C=CC=CC2Cl)S/C1=C\c1ccc(-c2cccc(C(=O)O)c2)o1. The number of rotatable bonds is 4. The number of halogens is 1. The van der Waals surface area contributed by atoms with Crippen molar-refractivity contribution in [3.05, 3.63) is 76.9 Å². The number of furan rings is 1. The van der Waals surface area contributed by atoms with Gasteiger partial charge >= 0.3 is 5.97 Å². The van der Waals surface area contributed by atoms with Crippen molar-refractivity contribution in [3.8, 4) is 11.3 Å². The number of aliphatic imine (C=N–C) groups is 1. The van der Waals surface area contributed by atoms with Crippen molar-refractivity contribution in [1.82, 2.24) is 5.32 Å². The first-order valence-corrected chi connectivity index (χ1v) is 9.96. The van der Waals surface area contributed by atoms with Gasteiger partial charge in [0.25, 0.3) is 5.91 Å². The second-order valence-corrected chi connectivity index (χ2v) is 7.83. The Morgan fingerprint density at radius 1 is 1.24 bits per heavy atom. The topological polar surface area (TPSA) is 91.9 Å². The predicted octanol–water partition coefficient (Wildman–Crippen LogP) is 4.31. The quantitative estimate of drug-likeness (QED) is 0.561. The molecular formula is C21H15ClN2O4S. The van der Waals surface area contributed by atoms with Crippen LogP contribution in [0.2, 0.25) is 0 Å². The number of hydrogen-bond donors (Lipinski definition) is 2. The zero-order valence-corrected chi connectivity index (χ0v) is 16.5. The first-order chi connectivity index (χ1) is 14.0. The molecule has 29 heavy (non-hydrogen) atoms. The Kier molecular flexibility index (Phi) is 5.42. The highest BCUT2D eigenvalue weighted by molar-refractivity contribution is 8.18. The second-order valence-electron chi connectivity index (χ2n) is 6.29. The van der Waals surface area contributed by atoms with Crippen molar-refractivity contribution in [2.45, 2.75) is 11.4 Å². The molecule has 1 saturated heterocycles. The van der Waals surface area contributed by atoms with Gasteiger partial charge in [0.15, 0.2) is 5.17 Å². The summed E-state index contributed by atoms with van der Waals surface area (Å²) in [6.45, 7) is 0. The van der Waals surface area contributed by atoms with Gasteiger partial charge in [0, 0.05) is 11.6 Å². The largest absolute Gasteiger partial charge is 0.478 e. The summed E-state index contributed by atoms with van der Waals surface area (Å²) in [4.78, 5) is 28.3. The molecule has 0 saturated carbocycles. The molecule has 1 aliphatic heterocycles. The number of benzene rings is 1. The molecule has 1 aromatic carbocycles. The number of alkyl halides is 1. The number of amidine groups is 1. The number of allylic oxidation sites excluding steroid dienone is 2. The molecule has 1 fully saturated rings. The van der Waals surface area contributed by atoms with E-state index < -0.39 is 5.97 Å². The molecule has 0 radical (unpaired) electrons. The van der Waals surface area contributed by atoms with Crippen LogP contribution in [0.25, 0.3) is 17.4 Å². The average molecular weight is 427 g/mol. The minimum absolute atomic E-state index is 0.176. The number of amides is 1. The lowest BCUT2D eigenvalue weighted by Gasteiger charge is -2.14. The zero-order valence-electron chi connectivity index (χ0n) is 14.9. The van der Waals surface area contributed by atoms with Crippen molar-refractivity contribution in [3.63, 3.8) is 0 Å². The fraction of sp³-hybridized carbons (Fsp3) is 0.0952. The number of carbonyl (C=O) groups excluding carboxylic acids is 1. The van der Waals surface area contributed by atoms with E-state index in [1.807, 2.05) is 24.3 Å². The van der Waals surface area contributed by atoms with Crippen LogP contribution < -0.4 is 5.32 Å². The highest BCUT2D eigenvalue weighted by atomic mass is 35.5. The first-order valence-electron chi connectivity index (χ1n) is 8.71. The summed E-state index contributed by atoms with van der Waals surface area (Å²) in [6.07, 6.45) is 9.08. The van der Waals surface area contributed by atoms with Gasteiger partial charge in [0.05, 0.1) is 21.9 Å². The maximum Gasteiger partial charge on any atom is 0.335 e. The highest BCUT2D eigenvalue weighted by Crippen LogP contribution is 2.30. The van der Waals surface area contributed by atoms with Crippen LogP contribution in [0.5, 0.6) is 0 Å². The standard InChI is InChI=1S/C21H15ClN2O4S/c22-15-6-1-2-7-16(15)23-21-24-19(25)18(29-21)11-14-8-9-17(28-14)12-4-3-5-13(10-12)20(26)27/h1-11,15-16H,(H,26,27)(H,23,24,25)/b18-11-. The number of carbonyl (C=O) groups is 2. The summed E-state index contributed by atoms with van der Waals surface area (Å²) in [6, 6.07) is 9.69. The van der Waals surface area contributed by atoms with E-state index in [9.17, 15) is 9.59 Å². The smallest absolute Gasteiger partial charge is 0.335 e. The molecule has 2 aromatic rings. The van der Waals surface area contributed by atoms with Gasteiger partial charge in [-0.15, -0.1) is 11.6 Å². The summed E-state index contributed by atoms with van der Waals surface area (Å²) < 4.78 is 5.77. The van der Waals surface area contributed by atoms with Gasteiger partial charge in [-0.25, -0.2) is 4.79 Å². The summed E-state index contributed by atoms with van der Waals surface area (Å²) in [5.74, 6) is -0.271. The number of nitrogens with one attached hydrogen (secondary N) is 1. The van der Waals surface area contributed by atoms with E-state index in [1.165, 1.54) is 23.9 Å². The fourth-order valence-electron chi connectivity index (χ4n) is 2.83. The van der Waals surface area contributed by atoms with E-state index in [0.717, 1.165) is 0 Å². The number of nitrogens with zero attached hydrogens (tertiary/aromatic N) is 1. The van der Waals surface area contributed by atoms with E-state index in [2.05, 4.69) is 10.3 Å². The monoisotopic (exact) mass is 426 g/mol. The Bertz CT molecular complexity index is 1100. The summed E-state index contributed by atoms with van der Waals surface area (Å²) in [5.41, 5.74) is 0.820. The van der Waals surface area contributed by atoms with Crippen LogP contribution in [-0.2, 0) is 4.79 Å². The van der Waals surface area contributed by atoms with Crippen LogP contribution in [0.15, 0.2) is 75.0 Å². The molecule has 2 N–H and O–H groups in total. The molecular weight excluding hydrogens is 412 g/mol. The van der Waals surface area contributed by atoms with Crippen molar-refractivity contribution in [1.29, 1.82) is 0 Å². The molecule has 6 nitrogen and oxygen atoms in total. The zero-order chi connectivity index (χ0) is 20.4. The molecule has 8 heteroatoms. The van der Waals surface area contributed by atoms with E-state index in [-0.39, 0.29) is 22.9 Å². The second kappa shape index (κ2) is 8.14. The number of aromatic carboxylic acids is 1. The van der Waals surface area contributed by atoms with Gasteiger partial charge in [0.2, 0.25) is 0 Å². The maximum absolute atomic E-state index is 12.3. The van der Waals surface area contributed by atoms with Crippen LogP contribution in [0.4, 0.5) is 0 Å². The molecule has 1 amide bonds. The van der Waals surface area contributed by atoms with Gasteiger partial charge in [0.1, 0.15) is 11.5 Å². The molecule has 2 unspecified atom stereocenters. The fourth-order valence-corrected chi connectivity index (χ4v) is 3.90. The highest BCUT2D eigenvalue weighted by Gasteiger charge is 2.26. The van der Waals surface area contributed by atoms with Gasteiger partial charge < -0.3 is 14.8 Å². The minimum Gasteiger partial charge on any atom is -0.478 e. The van der Waals surface area contributed by atoms with Gasteiger partial charge in [-0.3, -0.25) is 9.79 Å². The van der Waals surface area contributed by atoms with Crippen molar-refractivity contribution in [2.75, 3.05) is 0 Å². The minimum atomic E-state index is -1.01. The van der Waals surface area contributed by atoms with Crippen molar-refractivity contribution < 1.29 is 19.1 Å². The molecule has 4 rings (SSSR count). The molecule has 146 valence electrons. The maximum atomic E-state index is 12.3. The molecule has 0 bridgehead atoms. The number of thioether (sulfide) groups is 1. The normalized spacial score (nSPS) is 23.7. The van der Waals surface area contributed by atoms with Crippen LogP contribution in [0.3, 0.4) is 0 Å². The predicted molar refractivity (Wildman–Crippen MR) is 114 cm³/mol. The van der Waals surface area contributed by atoms with Crippen molar-refractivity contribution in [2.24, 2.45) is 4.99 Å². The van der Waals surface area contributed by atoms with E-state index in [1.54, 1.807) is 30.3 Å². The summed E-state index contributed by atoms with van der Waals surface area (Å²) in [7, 11) is 0. The van der Waals surface area contributed by atoms with Crippen molar-refractivity contribution >= 4 is 46.5 Å². The van der Waals surface area contributed by atoms with E-state index in [0.29, 0.717) is 27.2 Å². The van der Waals surface area contributed by atoms with Gasteiger partial charge in [-0.05, 0) is 36.0 Å². The Labute approximate surface area is 175 Å². The summed E-state index contributed by atoms with van der Waals surface area (Å²) >= 11 is 7.44. The lowest BCUT2D eigenvalue weighted by Crippen LogP contribution is -2.24. The Morgan fingerprint density at radius 3 is 2.86 bits per heavy atom. The molecule has 2 aliphatic rings. The molecule has 2 atom stereocenters. The van der Waals surface area contributed by atoms with Crippen LogP contribution in [-0.4, -0.2) is 33.6 Å². The number of hydrogen-bond acceptors (Lipinski definition) is 5. The van der Waals surface area contributed by atoms with Crippen LogP contribution in [0.1, 0.15) is 16.1 Å². The Hall–Kier alpha value is -3.03. The van der Waals surface area contributed by atoms with Gasteiger partial charge in [-0.1, -0.05) is 36.4 Å². The van der Waals surface area contributed by atoms with E-state index in [4.69, 9.17) is 21.1 Å². The third kappa shape index (κ3) is 4.36. The molecule has 1 aliphatic carbocycles. The lowest BCUT2D eigenvalue weighted by atomic mass is 10.1.